The molecule has 2 unspecified atom stereocenters. The predicted octanol–water partition coefficient (Wildman–Crippen LogP) is 4.48. The van der Waals surface area contributed by atoms with Gasteiger partial charge in [-0.25, -0.2) is 0 Å². The number of nitrogens with zero attached hydrogens (tertiary/aromatic N) is 7. The molecule has 0 spiro atoms. The number of aromatic nitrogens is 3. The number of benzene rings is 1. The van der Waals surface area contributed by atoms with Crippen LogP contribution in [0.5, 0.6) is 0 Å². The summed E-state index contributed by atoms with van der Waals surface area (Å²) in [6.07, 6.45) is 8.51. The normalized spacial score (nSPS) is 19.8. The van der Waals surface area contributed by atoms with Crippen molar-refractivity contribution >= 4 is 10.9 Å². The van der Waals surface area contributed by atoms with E-state index in [0.717, 1.165) is 13.0 Å². The highest BCUT2D eigenvalue weighted by Crippen LogP contribution is 2.43. The van der Waals surface area contributed by atoms with E-state index in [4.69, 9.17) is 5.53 Å². The smallest absolute Gasteiger partial charge is 0.0991 e. The Hall–Kier alpha value is -2.89. The van der Waals surface area contributed by atoms with E-state index in [1.54, 1.807) is 18.6 Å². The molecule has 142 valence electrons. The second kappa shape index (κ2) is 6.93. The average molecular weight is 373 g/mol. The van der Waals surface area contributed by atoms with Crippen LogP contribution in [0.25, 0.3) is 21.3 Å². The summed E-state index contributed by atoms with van der Waals surface area (Å²) in [5, 5.41) is 5.41. The Bertz CT molecular complexity index is 1070. The van der Waals surface area contributed by atoms with Gasteiger partial charge in [-0.15, -0.1) is 0 Å². The first-order valence-corrected chi connectivity index (χ1v) is 9.92. The zero-order valence-electron chi connectivity index (χ0n) is 16.0. The number of hydrogen-bond acceptors (Lipinski definition) is 4. The van der Waals surface area contributed by atoms with Crippen LogP contribution >= 0.6 is 0 Å². The lowest BCUT2D eigenvalue weighted by Gasteiger charge is -2.31. The summed E-state index contributed by atoms with van der Waals surface area (Å²) in [6.45, 7) is 5.04. The molecule has 0 aliphatic carbocycles. The van der Waals surface area contributed by atoms with Gasteiger partial charge in [0, 0.05) is 65.7 Å². The molecule has 2 atom stereocenters. The second-order valence-electron chi connectivity index (χ2n) is 7.79. The van der Waals surface area contributed by atoms with Crippen molar-refractivity contribution in [1.29, 1.82) is 0 Å². The standard InChI is InChI=1S/C21H23N7/c1-14-4-5-18-15(11-14)21-19-3-2-9-27(19)10-6-20(21)28(18)13-17(25-26-22)16-12-23-7-8-24-16/h4-5,7-8,11-12,17,19H,2-3,6,9-10,13H2,1H3. The first-order chi connectivity index (χ1) is 13.8. The maximum Gasteiger partial charge on any atom is 0.0991 e. The molecule has 0 saturated carbocycles. The fourth-order valence-electron chi connectivity index (χ4n) is 4.97. The number of fused-ring (bicyclic) bond motifs is 5. The third-order valence-corrected chi connectivity index (χ3v) is 6.17. The van der Waals surface area contributed by atoms with Crippen LogP contribution in [0.15, 0.2) is 41.9 Å². The fraction of sp³-hybridized carbons (Fsp3) is 0.429. The molecule has 4 heterocycles. The van der Waals surface area contributed by atoms with Crippen LogP contribution in [0.2, 0.25) is 0 Å². The van der Waals surface area contributed by atoms with Gasteiger partial charge in [0.2, 0.25) is 0 Å². The van der Waals surface area contributed by atoms with E-state index in [-0.39, 0.29) is 6.04 Å². The first kappa shape index (κ1) is 17.2. The zero-order chi connectivity index (χ0) is 19.1. The van der Waals surface area contributed by atoms with Gasteiger partial charge in [-0.05, 0) is 49.5 Å². The Morgan fingerprint density at radius 3 is 3.07 bits per heavy atom. The van der Waals surface area contributed by atoms with E-state index in [1.807, 2.05) is 0 Å². The van der Waals surface area contributed by atoms with Crippen molar-refractivity contribution in [2.24, 2.45) is 5.11 Å². The summed E-state index contributed by atoms with van der Waals surface area (Å²) in [5.74, 6) is 0. The van der Waals surface area contributed by atoms with Crippen molar-refractivity contribution < 1.29 is 0 Å². The van der Waals surface area contributed by atoms with Crippen molar-refractivity contribution in [3.05, 3.63) is 69.7 Å². The molecule has 0 amide bonds. The second-order valence-corrected chi connectivity index (χ2v) is 7.79. The average Bonchev–Trinajstić information content (AvgIpc) is 3.31. The molecule has 1 aromatic carbocycles. The monoisotopic (exact) mass is 373 g/mol. The maximum absolute atomic E-state index is 9.13. The lowest BCUT2D eigenvalue weighted by Crippen LogP contribution is -2.31. The molecule has 28 heavy (non-hydrogen) atoms. The Kier molecular flexibility index (Phi) is 4.26. The predicted molar refractivity (Wildman–Crippen MR) is 108 cm³/mol. The highest BCUT2D eigenvalue weighted by molar-refractivity contribution is 5.87. The molecular weight excluding hydrogens is 350 g/mol. The molecule has 0 N–H and O–H groups in total. The Morgan fingerprint density at radius 2 is 2.25 bits per heavy atom. The summed E-state index contributed by atoms with van der Waals surface area (Å²) in [7, 11) is 0. The summed E-state index contributed by atoms with van der Waals surface area (Å²) < 4.78 is 2.37. The Balaban J connectivity index is 1.66. The van der Waals surface area contributed by atoms with Crippen LogP contribution in [-0.4, -0.2) is 32.5 Å². The molecule has 3 aromatic rings. The van der Waals surface area contributed by atoms with Gasteiger partial charge in [-0.3, -0.25) is 14.9 Å². The van der Waals surface area contributed by atoms with Crippen molar-refractivity contribution in [3.63, 3.8) is 0 Å². The SMILES string of the molecule is Cc1ccc2c(c1)c1c(n2CC(N=[N+]=[N-])c2cnccn2)CCN2CCCC12. The fourth-order valence-corrected chi connectivity index (χ4v) is 4.97. The van der Waals surface area contributed by atoms with E-state index < -0.39 is 0 Å². The molecule has 1 saturated heterocycles. The van der Waals surface area contributed by atoms with Crippen LogP contribution in [0, 0.1) is 6.92 Å². The Morgan fingerprint density at radius 1 is 1.32 bits per heavy atom. The minimum absolute atomic E-state index is 0.374. The largest absolute Gasteiger partial charge is 0.343 e. The van der Waals surface area contributed by atoms with E-state index in [0.29, 0.717) is 18.3 Å². The van der Waals surface area contributed by atoms with Gasteiger partial charge >= 0.3 is 0 Å². The van der Waals surface area contributed by atoms with Crippen molar-refractivity contribution in [1.82, 2.24) is 19.4 Å². The molecule has 7 heteroatoms. The van der Waals surface area contributed by atoms with E-state index in [9.17, 15) is 0 Å². The van der Waals surface area contributed by atoms with Gasteiger partial charge in [0.05, 0.1) is 11.7 Å². The zero-order valence-corrected chi connectivity index (χ0v) is 16.0. The number of hydrogen-bond donors (Lipinski definition) is 0. The summed E-state index contributed by atoms with van der Waals surface area (Å²) in [6, 6.07) is 6.84. The third kappa shape index (κ3) is 2.75. The third-order valence-electron chi connectivity index (χ3n) is 6.17. The van der Waals surface area contributed by atoms with Gasteiger partial charge in [0.1, 0.15) is 0 Å². The minimum Gasteiger partial charge on any atom is -0.343 e. The van der Waals surface area contributed by atoms with Crippen LogP contribution in [0.3, 0.4) is 0 Å². The van der Waals surface area contributed by atoms with Gasteiger partial charge in [-0.2, -0.15) is 0 Å². The molecule has 1 fully saturated rings. The van der Waals surface area contributed by atoms with Gasteiger partial charge < -0.3 is 4.57 Å². The lowest BCUT2D eigenvalue weighted by molar-refractivity contribution is 0.241. The van der Waals surface area contributed by atoms with Crippen LogP contribution in [0.1, 0.15) is 47.4 Å². The molecule has 2 aromatic heterocycles. The maximum atomic E-state index is 9.13. The quantitative estimate of drug-likeness (QED) is 0.384. The van der Waals surface area contributed by atoms with Crippen LogP contribution in [-0.2, 0) is 13.0 Å². The summed E-state index contributed by atoms with van der Waals surface area (Å²) >= 11 is 0. The van der Waals surface area contributed by atoms with E-state index >= 15 is 0 Å². The summed E-state index contributed by atoms with van der Waals surface area (Å²) in [5.41, 5.74) is 15.2. The highest BCUT2D eigenvalue weighted by Gasteiger charge is 2.35. The lowest BCUT2D eigenvalue weighted by atomic mass is 9.95. The molecule has 0 bridgehead atoms. The molecule has 2 aliphatic heterocycles. The topological polar surface area (TPSA) is 82.7 Å². The van der Waals surface area contributed by atoms with Gasteiger partial charge in [0.25, 0.3) is 0 Å². The molecule has 5 rings (SSSR count). The van der Waals surface area contributed by atoms with E-state index in [2.05, 4.69) is 54.6 Å². The highest BCUT2D eigenvalue weighted by atomic mass is 15.2. The number of rotatable bonds is 4. The van der Waals surface area contributed by atoms with E-state index in [1.165, 1.54) is 47.1 Å². The van der Waals surface area contributed by atoms with Crippen molar-refractivity contribution in [2.45, 2.75) is 44.8 Å². The Labute approximate surface area is 163 Å². The molecule has 2 aliphatic rings. The number of azide groups is 1. The minimum atomic E-state index is -0.374. The van der Waals surface area contributed by atoms with Crippen LogP contribution in [0.4, 0.5) is 0 Å². The van der Waals surface area contributed by atoms with Crippen molar-refractivity contribution in [3.8, 4) is 0 Å². The first-order valence-electron chi connectivity index (χ1n) is 9.92. The molecule has 7 nitrogen and oxygen atoms in total. The van der Waals surface area contributed by atoms with Gasteiger partial charge in [-0.1, -0.05) is 16.7 Å². The molecule has 0 radical (unpaired) electrons. The van der Waals surface area contributed by atoms with Gasteiger partial charge in [0.15, 0.2) is 0 Å². The van der Waals surface area contributed by atoms with Crippen LogP contribution < -0.4 is 0 Å². The van der Waals surface area contributed by atoms with Crippen molar-refractivity contribution in [2.75, 3.05) is 13.1 Å². The summed E-state index contributed by atoms with van der Waals surface area (Å²) in [4.78, 5) is 14.3. The molecular formula is C21H23N7. The number of aryl methyl sites for hydroxylation is 1.